The van der Waals surface area contributed by atoms with Crippen molar-refractivity contribution < 1.29 is 13.2 Å². The highest BCUT2D eigenvalue weighted by Crippen LogP contribution is 2.19. The fraction of sp³-hybridized carbons (Fsp3) is 0.909. The van der Waals surface area contributed by atoms with Crippen LogP contribution in [0, 0.1) is 11.8 Å². The molecule has 0 radical (unpaired) electrons. The van der Waals surface area contributed by atoms with Crippen molar-refractivity contribution in [2.75, 3.05) is 45.5 Å². The maximum absolute atomic E-state index is 12.3. The van der Waals surface area contributed by atoms with Crippen LogP contribution in [0.4, 0.5) is 0 Å². The topological polar surface area (TPSA) is 69.7 Å². The van der Waals surface area contributed by atoms with E-state index in [4.69, 9.17) is 0 Å². The predicted octanol–water partition coefficient (Wildman–Crippen LogP) is -1.05. The van der Waals surface area contributed by atoms with E-state index in [1.165, 1.54) is 10.6 Å². The van der Waals surface area contributed by atoms with Crippen LogP contribution in [-0.2, 0) is 14.8 Å². The molecular formula is C11H21N3O3S. The fourth-order valence-corrected chi connectivity index (χ4v) is 3.44. The number of hydrogen-bond donors (Lipinski definition) is 1. The number of piperazine rings is 1. The monoisotopic (exact) mass is 275 g/mol. The van der Waals surface area contributed by atoms with Gasteiger partial charge in [-0.1, -0.05) is 6.92 Å². The molecule has 0 spiro atoms. The van der Waals surface area contributed by atoms with Crippen LogP contribution in [0.5, 0.6) is 0 Å². The molecule has 104 valence electrons. The SMILES string of the molecule is C[C@@H]1CNC[C@H]1C(=O)N1CCN(S(C)(=O)=O)CC1. The van der Waals surface area contributed by atoms with Crippen molar-refractivity contribution in [1.29, 1.82) is 0 Å². The van der Waals surface area contributed by atoms with Gasteiger partial charge in [0.05, 0.1) is 12.2 Å². The third-order valence-corrected chi connectivity index (χ3v) is 5.16. The van der Waals surface area contributed by atoms with Gasteiger partial charge in [0.1, 0.15) is 0 Å². The summed E-state index contributed by atoms with van der Waals surface area (Å²) < 4.78 is 24.2. The van der Waals surface area contributed by atoms with Crippen molar-refractivity contribution in [3.8, 4) is 0 Å². The lowest BCUT2D eigenvalue weighted by molar-refractivity contribution is -0.137. The number of nitrogens with zero attached hydrogens (tertiary/aromatic N) is 2. The average molecular weight is 275 g/mol. The Hall–Kier alpha value is -0.660. The maximum atomic E-state index is 12.3. The normalized spacial score (nSPS) is 30.7. The Morgan fingerprint density at radius 3 is 2.22 bits per heavy atom. The van der Waals surface area contributed by atoms with Gasteiger partial charge in [-0.05, 0) is 12.5 Å². The molecule has 0 saturated carbocycles. The van der Waals surface area contributed by atoms with Gasteiger partial charge >= 0.3 is 0 Å². The zero-order chi connectivity index (χ0) is 13.3. The number of nitrogens with one attached hydrogen (secondary N) is 1. The smallest absolute Gasteiger partial charge is 0.227 e. The van der Waals surface area contributed by atoms with Crippen LogP contribution in [0.1, 0.15) is 6.92 Å². The standard InChI is InChI=1S/C11H21N3O3S/c1-9-7-12-8-10(9)11(15)13-3-5-14(6-4-13)18(2,16)17/h9-10,12H,3-8H2,1-2H3/t9-,10-/m1/s1. The molecule has 2 fully saturated rings. The van der Waals surface area contributed by atoms with Gasteiger partial charge in [-0.25, -0.2) is 8.42 Å². The Kier molecular flexibility index (Phi) is 3.93. The third-order valence-electron chi connectivity index (χ3n) is 3.85. The number of carbonyl (C=O) groups excluding carboxylic acids is 1. The van der Waals surface area contributed by atoms with Gasteiger partial charge in [0, 0.05) is 32.7 Å². The Morgan fingerprint density at radius 1 is 1.17 bits per heavy atom. The summed E-state index contributed by atoms with van der Waals surface area (Å²) in [5.74, 6) is 0.584. The molecule has 0 aliphatic carbocycles. The van der Waals surface area contributed by atoms with Gasteiger partial charge in [0.15, 0.2) is 0 Å². The van der Waals surface area contributed by atoms with E-state index in [0.29, 0.717) is 32.1 Å². The quantitative estimate of drug-likeness (QED) is 0.698. The van der Waals surface area contributed by atoms with Gasteiger partial charge in [-0.2, -0.15) is 4.31 Å². The second kappa shape index (κ2) is 5.14. The highest BCUT2D eigenvalue weighted by molar-refractivity contribution is 7.88. The van der Waals surface area contributed by atoms with E-state index in [1.54, 1.807) is 4.90 Å². The summed E-state index contributed by atoms with van der Waals surface area (Å²) in [6.45, 7) is 5.56. The summed E-state index contributed by atoms with van der Waals surface area (Å²) in [6, 6.07) is 0. The van der Waals surface area contributed by atoms with E-state index in [2.05, 4.69) is 12.2 Å². The molecule has 1 N–H and O–H groups in total. The summed E-state index contributed by atoms with van der Waals surface area (Å²) in [6.07, 6.45) is 1.22. The number of sulfonamides is 1. The molecule has 2 heterocycles. The summed E-state index contributed by atoms with van der Waals surface area (Å²) in [4.78, 5) is 14.1. The van der Waals surface area contributed by atoms with E-state index in [-0.39, 0.29) is 11.8 Å². The predicted molar refractivity (Wildman–Crippen MR) is 68.5 cm³/mol. The Balaban J connectivity index is 1.92. The lowest BCUT2D eigenvalue weighted by Gasteiger charge is -2.35. The van der Waals surface area contributed by atoms with Crippen molar-refractivity contribution >= 4 is 15.9 Å². The van der Waals surface area contributed by atoms with E-state index in [9.17, 15) is 13.2 Å². The van der Waals surface area contributed by atoms with E-state index in [0.717, 1.165) is 13.1 Å². The Bertz CT molecular complexity index is 415. The molecule has 2 aliphatic heterocycles. The first-order valence-corrected chi connectivity index (χ1v) is 8.19. The molecule has 2 atom stereocenters. The molecular weight excluding hydrogens is 254 g/mol. The Morgan fingerprint density at radius 2 is 1.78 bits per heavy atom. The van der Waals surface area contributed by atoms with Gasteiger partial charge in [-0.3, -0.25) is 4.79 Å². The van der Waals surface area contributed by atoms with E-state index >= 15 is 0 Å². The molecule has 0 bridgehead atoms. The zero-order valence-electron chi connectivity index (χ0n) is 10.9. The number of carbonyl (C=O) groups is 1. The van der Waals surface area contributed by atoms with Crippen molar-refractivity contribution in [2.45, 2.75) is 6.92 Å². The molecule has 7 heteroatoms. The molecule has 2 saturated heterocycles. The first-order chi connectivity index (χ1) is 8.39. The van der Waals surface area contributed by atoms with Crippen LogP contribution >= 0.6 is 0 Å². The average Bonchev–Trinajstić information content (AvgIpc) is 2.73. The third kappa shape index (κ3) is 2.84. The minimum Gasteiger partial charge on any atom is -0.340 e. The molecule has 18 heavy (non-hydrogen) atoms. The van der Waals surface area contributed by atoms with Gasteiger partial charge in [-0.15, -0.1) is 0 Å². The largest absolute Gasteiger partial charge is 0.340 e. The van der Waals surface area contributed by atoms with Gasteiger partial charge < -0.3 is 10.2 Å². The molecule has 0 aromatic heterocycles. The number of rotatable bonds is 2. The maximum Gasteiger partial charge on any atom is 0.227 e. The fourth-order valence-electron chi connectivity index (χ4n) is 2.62. The second-order valence-electron chi connectivity index (χ2n) is 5.23. The molecule has 0 aromatic rings. The van der Waals surface area contributed by atoms with Crippen LogP contribution in [0.25, 0.3) is 0 Å². The summed E-state index contributed by atoms with van der Waals surface area (Å²) in [7, 11) is -3.12. The lowest BCUT2D eigenvalue weighted by Crippen LogP contribution is -2.52. The lowest BCUT2D eigenvalue weighted by atomic mass is 9.96. The highest BCUT2D eigenvalue weighted by Gasteiger charge is 2.34. The van der Waals surface area contributed by atoms with Crippen LogP contribution in [0.15, 0.2) is 0 Å². The van der Waals surface area contributed by atoms with Crippen molar-refractivity contribution in [1.82, 2.24) is 14.5 Å². The molecule has 6 nitrogen and oxygen atoms in total. The summed E-state index contributed by atoms with van der Waals surface area (Å²) in [5.41, 5.74) is 0. The van der Waals surface area contributed by atoms with Gasteiger partial charge in [0.2, 0.25) is 15.9 Å². The number of amides is 1. The first-order valence-electron chi connectivity index (χ1n) is 6.34. The first kappa shape index (κ1) is 13.8. The van der Waals surface area contributed by atoms with Crippen molar-refractivity contribution in [2.24, 2.45) is 11.8 Å². The molecule has 0 aromatic carbocycles. The van der Waals surface area contributed by atoms with Crippen LogP contribution in [0.2, 0.25) is 0 Å². The molecule has 2 aliphatic rings. The van der Waals surface area contributed by atoms with E-state index < -0.39 is 10.0 Å². The van der Waals surface area contributed by atoms with Gasteiger partial charge in [0.25, 0.3) is 0 Å². The second-order valence-corrected chi connectivity index (χ2v) is 7.21. The van der Waals surface area contributed by atoms with Crippen molar-refractivity contribution in [3.05, 3.63) is 0 Å². The van der Waals surface area contributed by atoms with E-state index in [1.807, 2.05) is 0 Å². The minimum atomic E-state index is -3.12. The summed E-state index contributed by atoms with van der Waals surface area (Å²) in [5, 5.41) is 3.22. The number of hydrogen-bond acceptors (Lipinski definition) is 4. The van der Waals surface area contributed by atoms with Crippen LogP contribution in [-0.4, -0.2) is 69.1 Å². The Labute approximate surface area is 108 Å². The minimum absolute atomic E-state index is 0.0507. The molecule has 0 unspecified atom stereocenters. The summed E-state index contributed by atoms with van der Waals surface area (Å²) >= 11 is 0. The zero-order valence-corrected chi connectivity index (χ0v) is 11.7. The van der Waals surface area contributed by atoms with Crippen LogP contribution in [0.3, 0.4) is 0 Å². The van der Waals surface area contributed by atoms with Crippen LogP contribution < -0.4 is 5.32 Å². The molecule has 2 rings (SSSR count). The molecule has 1 amide bonds. The van der Waals surface area contributed by atoms with Crippen molar-refractivity contribution in [3.63, 3.8) is 0 Å². The highest BCUT2D eigenvalue weighted by atomic mass is 32.2.